The van der Waals surface area contributed by atoms with Crippen molar-refractivity contribution in [3.05, 3.63) is 52.6 Å². The average molecular weight is 484 g/mol. The maximum atomic E-state index is 11.8. The second-order valence-electron chi connectivity index (χ2n) is 8.89. The molecule has 3 rings (SSSR count). The fourth-order valence-corrected chi connectivity index (χ4v) is 4.52. The van der Waals surface area contributed by atoms with Crippen LogP contribution in [0.15, 0.2) is 47.2 Å². The van der Waals surface area contributed by atoms with Crippen molar-refractivity contribution in [1.29, 1.82) is 5.26 Å². The molecular formula is C26H34ClN5O2. The molecule has 0 aliphatic carbocycles. The van der Waals surface area contributed by atoms with Crippen molar-refractivity contribution < 1.29 is 9.63 Å². The van der Waals surface area contributed by atoms with Gasteiger partial charge < -0.3 is 20.0 Å². The molecule has 2 unspecified atom stereocenters. The zero-order valence-electron chi connectivity index (χ0n) is 20.4. The highest BCUT2D eigenvalue weighted by atomic mass is 35.5. The number of nitrogens with one attached hydrogen (secondary N) is 1. The van der Waals surface area contributed by atoms with E-state index < -0.39 is 6.04 Å². The molecule has 0 spiro atoms. The standard InChI is InChI=1S/C26H34ClN5O2/c1-5-20(8-6-7-9-24(33)29-18(2)17-28)25-19(3)26(34-30-25)21-10-11-23(22(27)16-21)32-14-12-31(4)13-15-32/h6-8,10-11,16,18-19,26H,5,9,12-15H2,1-4H3,(H,29,33)/b7-6-,20-8+/t18-,19?,26?/m1/s1. The van der Waals surface area contributed by atoms with Gasteiger partial charge in [-0.15, -0.1) is 0 Å². The molecular weight excluding hydrogens is 450 g/mol. The second kappa shape index (κ2) is 12.0. The minimum Gasteiger partial charge on any atom is -0.387 e. The van der Waals surface area contributed by atoms with E-state index in [1.54, 1.807) is 13.0 Å². The summed E-state index contributed by atoms with van der Waals surface area (Å²) in [6.07, 6.45) is 6.45. The molecule has 8 heteroatoms. The van der Waals surface area contributed by atoms with Gasteiger partial charge in [-0.1, -0.05) is 54.9 Å². The Morgan fingerprint density at radius 3 is 2.76 bits per heavy atom. The molecule has 1 aromatic carbocycles. The second-order valence-corrected chi connectivity index (χ2v) is 9.30. The van der Waals surface area contributed by atoms with Crippen LogP contribution < -0.4 is 10.2 Å². The minimum atomic E-state index is -0.491. The van der Waals surface area contributed by atoms with Gasteiger partial charge in [-0.25, -0.2) is 0 Å². The Kier molecular flexibility index (Phi) is 9.14. The van der Waals surface area contributed by atoms with Crippen LogP contribution in [0.25, 0.3) is 0 Å². The van der Waals surface area contributed by atoms with Crippen LogP contribution in [0.5, 0.6) is 0 Å². The molecule has 1 fully saturated rings. The van der Waals surface area contributed by atoms with Crippen molar-refractivity contribution in [2.24, 2.45) is 11.1 Å². The van der Waals surface area contributed by atoms with Crippen LogP contribution in [0.1, 0.15) is 45.3 Å². The van der Waals surface area contributed by atoms with E-state index >= 15 is 0 Å². The van der Waals surface area contributed by atoms with Gasteiger partial charge in [0.1, 0.15) is 6.04 Å². The molecule has 0 radical (unpaired) electrons. The van der Waals surface area contributed by atoms with E-state index in [2.05, 4.69) is 53.3 Å². The topological polar surface area (TPSA) is 81.0 Å². The molecule has 7 nitrogen and oxygen atoms in total. The predicted octanol–water partition coefficient (Wildman–Crippen LogP) is 4.47. The first-order chi connectivity index (χ1) is 16.3. The molecule has 0 saturated carbocycles. The van der Waals surface area contributed by atoms with E-state index in [-0.39, 0.29) is 24.3 Å². The number of carbonyl (C=O) groups excluding carboxylic acids is 1. The quantitative estimate of drug-likeness (QED) is 0.552. The Morgan fingerprint density at radius 1 is 1.38 bits per heavy atom. The van der Waals surface area contributed by atoms with Crippen LogP contribution in [-0.2, 0) is 9.63 Å². The molecule has 2 aliphatic heterocycles. The highest BCUT2D eigenvalue weighted by molar-refractivity contribution is 6.33. The van der Waals surface area contributed by atoms with Crippen molar-refractivity contribution in [2.75, 3.05) is 38.1 Å². The molecule has 3 atom stereocenters. The number of hydrogen-bond donors (Lipinski definition) is 1. The first kappa shape index (κ1) is 25.8. The molecule has 1 N–H and O–H groups in total. The molecule has 0 bridgehead atoms. The van der Waals surface area contributed by atoms with Crippen LogP contribution in [-0.4, -0.2) is 55.8 Å². The summed E-state index contributed by atoms with van der Waals surface area (Å²) in [6, 6.07) is 7.69. The van der Waals surface area contributed by atoms with Crippen LogP contribution in [0.3, 0.4) is 0 Å². The summed E-state index contributed by atoms with van der Waals surface area (Å²) in [6.45, 7) is 9.84. The van der Waals surface area contributed by atoms with Gasteiger partial charge in [-0.3, -0.25) is 4.79 Å². The SMILES string of the molecule is CC/C(=C\C=C/CC(=O)N[C@H](C)C#N)C1=NOC(c2ccc(N3CCN(C)CC3)c(Cl)c2)C1C. The number of likely N-dealkylation sites (N-methyl/N-ethyl adjacent to an activating group) is 1. The largest absolute Gasteiger partial charge is 0.387 e. The lowest BCUT2D eigenvalue weighted by atomic mass is 9.89. The van der Waals surface area contributed by atoms with Gasteiger partial charge in [-0.2, -0.15) is 5.26 Å². The number of halogens is 1. The summed E-state index contributed by atoms with van der Waals surface area (Å²) in [4.78, 5) is 22.3. The van der Waals surface area contributed by atoms with Gasteiger partial charge in [-0.05, 0) is 43.7 Å². The van der Waals surface area contributed by atoms with Gasteiger partial charge >= 0.3 is 0 Å². The maximum Gasteiger partial charge on any atom is 0.224 e. The summed E-state index contributed by atoms with van der Waals surface area (Å²) >= 11 is 6.68. The van der Waals surface area contributed by atoms with Crippen molar-refractivity contribution in [1.82, 2.24) is 10.2 Å². The highest BCUT2D eigenvalue weighted by Gasteiger charge is 2.33. The molecule has 34 heavy (non-hydrogen) atoms. The van der Waals surface area contributed by atoms with E-state index in [1.807, 2.05) is 24.3 Å². The van der Waals surface area contributed by atoms with Crippen LogP contribution in [0.4, 0.5) is 5.69 Å². The van der Waals surface area contributed by atoms with E-state index in [0.717, 1.165) is 60.2 Å². The van der Waals surface area contributed by atoms with E-state index in [9.17, 15) is 4.79 Å². The normalized spacial score (nSPS) is 22.3. The van der Waals surface area contributed by atoms with Crippen molar-refractivity contribution in [2.45, 2.75) is 45.8 Å². The Morgan fingerprint density at radius 2 is 2.12 bits per heavy atom. The fourth-order valence-electron chi connectivity index (χ4n) is 4.21. The monoisotopic (exact) mass is 483 g/mol. The molecule has 1 saturated heterocycles. The first-order valence-corrected chi connectivity index (χ1v) is 12.2. The maximum absolute atomic E-state index is 11.8. The zero-order chi connectivity index (χ0) is 24.7. The van der Waals surface area contributed by atoms with Crippen molar-refractivity contribution >= 4 is 28.9 Å². The Balaban J connectivity index is 1.63. The summed E-state index contributed by atoms with van der Waals surface area (Å²) in [5, 5.41) is 16.5. The first-order valence-electron chi connectivity index (χ1n) is 11.9. The van der Waals surface area contributed by atoms with Gasteiger partial charge in [0.2, 0.25) is 5.91 Å². The number of oxime groups is 1. The summed E-state index contributed by atoms with van der Waals surface area (Å²) in [5.74, 6) is -0.103. The number of hydrogen-bond acceptors (Lipinski definition) is 6. The van der Waals surface area contributed by atoms with Gasteiger partial charge in [0.05, 0.1) is 22.5 Å². The zero-order valence-corrected chi connectivity index (χ0v) is 21.2. The van der Waals surface area contributed by atoms with Crippen LogP contribution >= 0.6 is 11.6 Å². The Labute approximate surface area is 207 Å². The number of rotatable bonds is 8. The third-order valence-electron chi connectivity index (χ3n) is 6.31. The molecule has 1 aromatic rings. The van der Waals surface area contributed by atoms with E-state index in [0.29, 0.717) is 0 Å². The minimum absolute atomic E-state index is 0.0740. The highest BCUT2D eigenvalue weighted by Crippen LogP contribution is 2.38. The number of benzene rings is 1. The summed E-state index contributed by atoms with van der Waals surface area (Å²) < 4.78 is 0. The third-order valence-corrected chi connectivity index (χ3v) is 6.61. The smallest absolute Gasteiger partial charge is 0.224 e. The molecule has 0 aromatic heterocycles. The molecule has 182 valence electrons. The molecule has 2 aliphatic rings. The third kappa shape index (κ3) is 6.40. The number of amides is 1. The van der Waals surface area contributed by atoms with Gasteiger partial charge in [0, 0.05) is 38.5 Å². The number of piperazine rings is 1. The van der Waals surface area contributed by atoms with Gasteiger partial charge in [0.15, 0.2) is 6.10 Å². The number of nitriles is 1. The van der Waals surface area contributed by atoms with Crippen molar-refractivity contribution in [3.8, 4) is 6.07 Å². The number of carbonyl (C=O) groups is 1. The summed E-state index contributed by atoms with van der Waals surface area (Å²) in [5.41, 5.74) is 4.07. The number of allylic oxidation sites excluding steroid dienone is 3. The van der Waals surface area contributed by atoms with Gasteiger partial charge in [0.25, 0.3) is 0 Å². The Bertz CT molecular complexity index is 1000. The average Bonchev–Trinajstić information content (AvgIpc) is 3.20. The Hall–Kier alpha value is -2.82. The molecule has 1 amide bonds. The van der Waals surface area contributed by atoms with Crippen LogP contribution in [0.2, 0.25) is 5.02 Å². The van der Waals surface area contributed by atoms with Crippen LogP contribution in [0, 0.1) is 17.2 Å². The number of anilines is 1. The van der Waals surface area contributed by atoms with Crippen molar-refractivity contribution in [3.63, 3.8) is 0 Å². The lowest BCUT2D eigenvalue weighted by Crippen LogP contribution is -2.44. The number of nitrogens with zero attached hydrogens (tertiary/aromatic N) is 4. The fraction of sp³-hybridized carbons (Fsp3) is 0.500. The summed E-state index contributed by atoms with van der Waals surface area (Å²) in [7, 11) is 2.14. The lowest BCUT2D eigenvalue weighted by Gasteiger charge is -2.34. The lowest BCUT2D eigenvalue weighted by molar-refractivity contribution is -0.120. The van der Waals surface area contributed by atoms with E-state index in [4.69, 9.17) is 21.7 Å². The molecule has 2 heterocycles. The van der Waals surface area contributed by atoms with E-state index in [1.165, 1.54) is 0 Å². The predicted molar refractivity (Wildman–Crippen MR) is 137 cm³/mol.